The minimum absolute atomic E-state index is 0.0556. The highest BCUT2D eigenvalue weighted by atomic mass is 16.5. The number of carbonyl (C=O) groups is 4. The van der Waals surface area contributed by atoms with Crippen molar-refractivity contribution in [1.29, 1.82) is 0 Å². The van der Waals surface area contributed by atoms with Gasteiger partial charge in [0.05, 0.1) is 39.3 Å². The number of methoxy groups -OCH3 is 2. The molecule has 0 saturated heterocycles. The Balaban J connectivity index is -0.000000177. The van der Waals surface area contributed by atoms with E-state index in [1.54, 1.807) is 0 Å². The largest absolute Gasteiger partial charge is 0.469 e. The zero-order chi connectivity index (χ0) is 27.4. The maximum Gasteiger partial charge on any atom is 0.308 e. The summed E-state index contributed by atoms with van der Waals surface area (Å²) in [7, 11) is 2.83. The van der Waals surface area contributed by atoms with Crippen LogP contribution in [0.15, 0.2) is 0 Å². The summed E-state index contributed by atoms with van der Waals surface area (Å²) in [6.45, 7) is 16.4. The van der Waals surface area contributed by atoms with Gasteiger partial charge in [-0.15, -0.1) is 0 Å². The normalized spacial score (nSPS) is 10.9. The number of hydrogen-bond acceptors (Lipinski definition) is 8. The van der Waals surface area contributed by atoms with Crippen molar-refractivity contribution in [3.05, 3.63) is 0 Å². The molecule has 0 saturated carbocycles. The molecular weight excluding hydrogens is 440 g/mol. The molecule has 8 heteroatoms. The fourth-order valence-electron chi connectivity index (χ4n) is 1.80. The van der Waals surface area contributed by atoms with E-state index < -0.39 is 0 Å². The molecule has 0 aliphatic rings. The summed E-state index contributed by atoms with van der Waals surface area (Å²) in [5.74, 6) is -0.261. The van der Waals surface area contributed by atoms with Crippen LogP contribution in [-0.2, 0) is 38.1 Å². The standard InChI is InChI=1S/2C7H14O2.2C6H12O2/c1-4-6(3)7(8)9-5-2;1-3-5-6-7(8)9-4-2;1-4-5(2)6(7)8-3;1-3-4-5-6(7)8-2/h6H,4-5H2,1-3H3;3-6H2,1-2H3;5H,4H2,1-3H3;3-5H2,1-2H3. The molecule has 2 unspecified atom stereocenters. The van der Waals surface area contributed by atoms with Crippen molar-refractivity contribution in [2.24, 2.45) is 11.8 Å². The van der Waals surface area contributed by atoms with Gasteiger partial charge in [-0.2, -0.15) is 0 Å². The second-order valence-corrected chi connectivity index (χ2v) is 7.48. The number of rotatable bonds is 12. The average molecular weight is 493 g/mol. The molecule has 8 nitrogen and oxygen atoms in total. The Morgan fingerprint density at radius 1 is 0.588 bits per heavy atom. The van der Waals surface area contributed by atoms with Crippen LogP contribution in [-0.4, -0.2) is 51.3 Å². The van der Waals surface area contributed by atoms with Gasteiger partial charge < -0.3 is 18.9 Å². The molecule has 0 radical (unpaired) electrons. The molecular formula is C26H52O8. The van der Waals surface area contributed by atoms with Crippen LogP contribution in [0.25, 0.3) is 0 Å². The summed E-state index contributed by atoms with van der Waals surface area (Å²) in [4.78, 5) is 42.2. The fourth-order valence-corrected chi connectivity index (χ4v) is 1.80. The van der Waals surface area contributed by atoms with Crippen LogP contribution in [0.2, 0.25) is 0 Å². The molecule has 34 heavy (non-hydrogen) atoms. The molecule has 0 aliphatic heterocycles. The van der Waals surface area contributed by atoms with E-state index in [2.05, 4.69) is 16.4 Å². The Kier molecular flexibility index (Phi) is 35.5. The monoisotopic (exact) mass is 492 g/mol. The zero-order valence-electron chi connectivity index (χ0n) is 23.5. The van der Waals surface area contributed by atoms with Gasteiger partial charge in [-0.1, -0.05) is 54.4 Å². The lowest BCUT2D eigenvalue weighted by Gasteiger charge is -2.05. The van der Waals surface area contributed by atoms with Gasteiger partial charge in [-0.05, 0) is 39.5 Å². The van der Waals surface area contributed by atoms with E-state index in [0.717, 1.165) is 38.5 Å². The predicted octanol–water partition coefficient (Wildman–Crippen LogP) is 5.89. The van der Waals surface area contributed by atoms with Crippen molar-refractivity contribution in [3.8, 4) is 0 Å². The quantitative estimate of drug-likeness (QED) is 0.245. The Hall–Kier alpha value is -2.12. The summed E-state index contributed by atoms with van der Waals surface area (Å²) < 4.78 is 18.3. The number of hydrogen-bond donors (Lipinski definition) is 0. The van der Waals surface area contributed by atoms with Gasteiger partial charge in [0.15, 0.2) is 0 Å². The number of carbonyl (C=O) groups excluding carboxylic acids is 4. The van der Waals surface area contributed by atoms with Crippen LogP contribution >= 0.6 is 0 Å². The number of ether oxygens (including phenoxy) is 4. The average Bonchev–Trinajstić information content (AvgIpc) is 2.85. The van der Waals surface area contributed by atoms with Gasteiger partial charge in [0.2, 0.25) is 0 Å². The minimum atomic E-state index is -0.118. The van der Waals surface area contributed by atoms with Gasteiger partial charge in [-0.3, -0.25) is 19.2 Å². The molecule has 0 aromatic carbocycles. The van der Waals surface area contributed by atoms with E-state index in [4.69, 9.17) is 9.47 Å². The third kappa shape index (κ3) is 32.1. The maximum atomic E-state index is 10.8. The lowest BCUT2D eigenvalue weighted by atomic mass is 10.1. The van der Waals surface area contributed by atoms with Gasteiger partial charge >= 0.3 is 23.9 Å². The zero-order valence-corrected chi connectivity index (χ0v) is 23.5. The van der Waals surface area contributed by atoms with Gasteiger partial charge in [0, 0.05) is 12.8 Å². The topological polar surface area (TPSA) is 105 Å². The predicted molar refractivity (Wildman–Crippen MR) is 135 cm³/mol. The first kappa shape index (κ1) is 39.1. The van der Waals surface area contributed by atoms with Crippen molar-refractivity contribution in [2.75, 3.05) is 27.4 Å². The maximum absolute atomic E-state index is 10.8. The van der Waals surface area contributed by atoms with E-state index in [-0.39, 0.29) is 35.7 Å². The summed E-state index contributed by atoms with van der Waals surface area (Å²) in [6, 6.07) is 0. The number of unbranched alkanes of at least 4 members (excludes halogenated alkanes) is 2. The molecule has 0 amide bonds. The lowest BCUT2D eigenvalue weighted by molar-refractivity contribution is -0.147. The molecule has 0 rings (SSSR count). The summed E-state index contributed by atoms with van der Waals surface area (Å²) >= 11 is 0. The molecule has 2 atom stereocenters. The van der Waals surface area contributed by atoms with E-state index in [0.29, 0.717) is 26.1 Å². The van der Waals surface area contributed by atoms with Gasteiger partial charge in [0.25, 0.3) is 0 Å². The molecule has 0 spiro atoms. The Labute approximate surface area is 208 Å². The third-order valence-electron chi connectivity index (χ3n) is 4.52. The number of esters is 4. The first-order valence-electron chi connectivity index (χ1n) is 12.5. The summed E-state index contributed by atoms with van der Waals surface area (Å²) in [6.07, 6.45) is 6.84. The van der Waals surface area contributed by atoms with Crippen molar-refractivity contribution < 1.29 is 38.1 Å². The molecule has 204 valence electrons. The Bertz CT molecular complexity index is 491. The lowest BCUT2D eigenvalue weighted by Crippen LogP contribution is -2.13. The molecule has 0 heterocycles. The molecule has 0 aromatic heterocycles. The molecule has 0 aromatic rings. The Morgan fingerprint density at radius 2 is 1.00 bits per heavy atom. The molecule has 0 N–H and O–H groups in total. The van der Waals surface area contributed by atoms with E-state index in [1.807, 2.05) is 48.5 Å². The van der Waals surface area contributed by atoms with E-state index in [9.17, 15) is 19.2 Å². The van der Waals surface area contributed by atoms with Crippen LogP contribution in [0.3, 0.4) is 0 Å². The van der Waals surface area contributed by atoms with Crippen LogP contribution in [0.4, 0.5) is 0 Å². The minimum Gasteiger partial charge on any atom is -0.469 e. The second kappa shape index (κ2) is 30.9. The molecule has 0 bridgehead atoms. The van der Waals surface area contributed by atoms with Crippen molar-refractivity contribution in [3.63, 3.8) is 0 Å². The van der Waals surface area contributed by atoms with Crippen LogP contribution in [0, 0.1) is 11.8 Å². The van der Waals surface area contributed by atoms with Crippen LogP contribution in [0.1, 0.15) is 107 Å². The van der Waals surface area contributed by atoms with Crippen LogP contribution < -0.4 is 0 Å². The fraction of sp³-hybridized carbons (Fsp3) is 0.846. The van der Waals surface area contributed by atoms with E-state index >= 15 is 0 Å². The SMILES string of the molecule is CCC(C)C(=O)OC.CCCCC(=O)OC.CCCCC(=O)OCC.CCOC(=O)C(C)CC. The Morgan fingerprint density at radius 3 is 1.29 bits per heavy atom. The highest BCUT2D eigenvalue weighted by Crippen LogP contribution is 2.02. The first-order valence-corrected chi connectivity index (χ1v) is 12.5. The summed E-state index contributed by atoms with van der Waals surface area (Å²) in [5.41, 5.74) is 0. The van der Waals surface area contributed by atoms with Crippen molar-refractivity contribution in [2.45, 2.75) is 107 Å². The second-order valence-electron chi connectivity index (χ2n) is 7.48. The van der Waals surface area contributed by atoms with Gasteiger partial charge in [-0.25, -0.2) is 0 Å². The first-order chi connectivity index (χ1) is 16.1. The van der Waals surface area contributed by atoms with Crippen molar-refractivity contribution >= 4 is 23.9 Å². The highest BCUT2D eigenvalue weighted by molar-refractivity contribution is 5.72. The summed E-state index contributed by atoms with van der Waals surface area (Å²) in [5, 5.41) is 0. The van der Waals surface area contributed by atoms with Crippen LogP contribution in [0.5, 0.6) is 0 Å². The smallest absolute Gasteiger partial charge is 0.308 e. The third-order valence-corrected chi connectivity index (χ3v) is 4.52. The molecule has 0 aliphatic carbocycles. The van der Waals surface area contributed by atoms with Gasteiger partial charge in [0.1, 0.15) is 0 Å². The van der Waals surface area contributed by atoms with E-state index in [1.165, 1.54) is 14.2 Å². The molecule has 0 fully saturated rings. The highest BCUT2D eigenvalue weighted by Gasteiger charge is 2.09. The van der Waals surface area contributed by atoms with Crippen molar-refractivity contribution in [1.82, 2.24) is 0 Å².